The van der Waals surface area contributed by atoms with E-state index in [9.17, 15) is 4.79 Å². The van der Waals surface area contributed by atoms with Crippen LogP contribution in [0.2, 0.25) is 5.02 Å². The molecule has 1 atom stereocenters. The Morgan fingerprint density at radius 3 is 2.58 bits per heavy atom. The number of rotatable bonds is 2. The highest BCUT2D eigenvalue weighted by Crippen LogP contribution is 2.42. The van der Waals surface area contributed by atoms with Gasteiger partial charge in [0.2, 0.25) is 0 Å². The number of nitrogens with zero attached hydrogens (tertiary/aromatic N) is 2. The summed E-state index contributed by atoms with van der Waals surface area (Å²) in [6.07, 6.45) is 3.78. The SMILES string of the molecule is O=c1/c(=C/c2cccc3ccccc23)sc2n1C(c1ccccc1Cl)C1=C(N=2)c2ccccc2CC1. The second-order valence-electron chi connectivity index (χ2n) is 9.20. The largest absolute Gasteiger partial charge is 0.272 e. The van der Waals surface area contributed by atoms with Gasteiger partial charge in [0.25, 0.3) is 5.56 Å². The Kier molecular flexibility index (Phi) is 5.05. The van der Waals surface area contributed by atoms with E-state index >= 15 is 0 Å². The summed E-state index contributed by atoms with van der Waals surface area (Å²) in [6, 6.07) is 30.5. The number of fused-ring (bicyclic) bond motifs is 4. The Balaban J connectivity index is 1.52. The molecule has 0 fully saturated rings. The first-order chi connectivity index (χ1) is 17.7. The normalized spacial score (nSPS) is 16.9. The van der Waals surface area contributed by atoms with Gasteiger partial charge in [-0.3, -0.25) is 9.36 Å². The maximum Gasteiger partial charge on any atom is 0.271 e. The predicted octanol–water partition coefficient (Wildman–Crippen LogP) is 6.13. The van der Waals surface area contributed by atoms with E-state index in [-0.39, 0.29) is 11.6 Å². The molecule has 0 amide bonds. The molecule has 36 heavy (non-hydrogen) atoms. The van der Waals surface area contributed by atoms with Crippen LogP contribution < -0.4 is 14.9 Å². The van der Waals surface area contributed by atoms with Gasteiger partial charge >= 0.3 is 0 Å². The van der Waals surface area contributed by atoms with Crippen molar-refractivity contribution in [2.24, 2.45) is 4.99 Å². The van der Waals surface area contributed by atoms with Crippen LogP contribution in [0.4, 0.5) is 0 Å². The summed E-state index contributed by atoms with van der Waals surface area (Å²) in [4.78, 5) is 19.8. The second kappa shape index (κ2) is 8.44. The Morgan fingerprint density at radius 1 is 0.889 bits per heavy atom. The molecular formula is C31H21ClN2OS. The predicted molar refractivity (Wildman–Crippen MR) is 148 cm³/mol. The smallest absolute Gasteiger partial charge is 0.271 e. The van der Waals surface area contributed by atoms with Crippen LogP contribution in [-0.2, 0) is 6.42 Å². The number of allylic oxidation sites excluding steroid dienone is 1. The van der Waals surface area contributed by atoms with Crippen LogP contribution in [0.1, 0.15) is 34.7 Å². The maximum atomic E-state index is 14.0. The topological polar surface area (TPSA) is 34.4 Å². The van der Waals surface area contributed by atoms with Crippen LogP contribution in [0.25, 0.3) is 22.5 Å². The number of benzene rings is 4. The van der Waals surface area contributed by atoms with Gasteiger partial charge in [-0.1, -0.05) is 108 Å². The van der Waals surface area contributed by atoms with Crippen molar-refractivity contribution in [2.75, 3.05) is 0 Å². The Labute approximate surface area is 217 Å². The highest BCUT2D eigenvalue weighted by Gasteiger charge is 2.33. The van der Waals surface area contributed by atoms with Gasteiger partial charge in [0, 0.05) is 10.6 Å². The van der Waals surface area contributed by atoms with Gasteiger partial charge in [0.05, 0.1) is 16.3 Å². The van der Waals surface area contributed by atoms with Gasteiger partial charge < -0.3 is 0 Å². The Morgan fingerprint density at radius 2 is 1.67 bits per heavy atom. The first-order valence-corrected chi connectivity index (χ1v) is 13.2. The van der Waals surface area contributed by atoms with Crippen molar-refractivity contribution in [2.45, 2.75) is 18.9 Å². The summed E-state index contributed by atoms with van der Waals surface area (Å²) < 4.78 is 2.53. The monoisotopic (exact) mass is 504 g/mol. The number of hydrogen-bond donors (Lipinski definition) is 0. The highest BCUT2D eigenvalue weighted by atomic mass is 35.5. The lowest BCUT2D eigenvalue weighted by molar-refractivity contribution is 0.585. The molecule has 1 unspecified atom stereocenters. The molecule has 174 valence electrons. The van der Waals surface area contributed by atoms with E-state index in [1.54, 1.807) is 0 Å². The molecule has 0 spiro atoms. The van der Waals surface area contributed by atoms with E-state index in [2.05, 4.69) is 48.5 Å². The van der Waals surface area contributed by atoms with Gasteiger partial charge in [-0.2, -0.15) is 0 Å². The van der Waals surface area contributed by atoms with Crippen molar-refractivity contribution in [1.82, 2.24) is 4.57 Å². The van der Waals surface area contributed by atoms with E-state index in [0.717, 1.165) is 51.6 Å². The van der Waals surface area contributed by atoms with Crippen molar-refractivity contribution in [3.05, 3.63) is 144 Å². The molecule has 2 heterocycles. The van der Waals surface area contributed by atoms with Crippen LogP contribution in [0.15, 0.2) is 106 Å². The zero-order valence-electron chi connectivity index (χ0n) is 19.3. The Bertz CT molecular complexity index is 1890. The average Bonchev–Trinajstić information content (AvgIpc) is 3.22. The van der Waals surface area contributed by atoms with Gasteiger partial charge in [-0.15, -0.1) is 0 Å². The number of hydrogen-bond acceptors (Lipinski definition) is 3. The van der Waals surface area contributed by atoms with Crippen molar-refractivity contribution in [1.29, 1.82) is 0 Å². The standard InChI is InChI=1S/C31H21ClN2OS/c32-26-15-6-5-14-24(26)29-25-17-16-20-9-2-4-13-23(20)28(25)33-31-34(29)30(35)27(36-31)18-21-11-7-10-19-8-1-3-12-22(19)21/h1-15,18,29H,16-17H2/b27-18-. The second-order valence-corrected chi connectivity index (χ2v) is 10.6. The molecule has 1 aromatic heterocycles. The molecule has 0 bridgehead atoms. The third-order valence-corrected chi connectivity index (χ3v) is 8.51. The van der Waals surface area contributed by atoms with Gasteiger partial charge in [-0.05, 0) is 58.0 Å². The van der Waals surface area contributed by atoms with E-state index in [1.165, 1.54) is 16.9 Å². The van der Waals surface area contributed by atoms with E-state index in [0.29, 0.717) is 14.4 Å². The number of thiazole rings is 1. The summed E-state index contributed by atoms with van der Waals surface area (Å²) in [5.41, 5.74) is 6.54. The fourth-order valence-corrected chi connectivity index (χ4v) is 6.74. The fourth-order valence-electron chi connectivity index (χ4n) is 5.51. The number of aryl methyl sites for hydroxylation is 1. The van der Waals surface area contributed by atoms with Gasteiger partial charge in [0.1, 0.15) is 0 Å². The first-order valence-electron chi connectivity index (χ1n) is 12.0. The van der Waals surface area contributed by atoms with Crippen LogP contribution in [0.3, 0.4) is 0 Å². The molecule has 4 aromatic carbocycles. The molecule has 1 aliphatic heterocycles. The lowest BCUT2D eigenvalue weighted by atomic mass is 9.83. The average molecular weight is 505 g/mol. The summed E-state index contributed by atoms with van der Waals surface area (Å²) >= 11 is 8.19. The molecule has 0 radical (unpaired) electrons. The minimum atomic E-state index is -0.270. The lowest BCUT2D eigenvalue weighted by Crippen LogP contribution is -2.38. The van der Waals surface area contributed by atoms with Crippen molar-refractivity contribution < 1.29 is 0 Å². The molecule has 0 saturated heterocycles. The third-order valence-electron chi connectivity index (χ3n) is 7.18. The Hall–Kier alpha value is -3.73. The van der Waals surface area contributed by atoms with Crippen LogP contribution in [0.5, 0.6) is 0 Å². The molecule has 3 nitrogen and oxygen atoms in total. The van der Waals surface area contributed by atoms with Crippen LogP contribution >= 0.6 is 22.9 Å². The highest BCUT2D eigenvalue weighted by molar-refractivity contribution is 7.07. The molecule has 7 rings (SSSR count). The molecule has 0 saturated carbocycles. The first kappa shape index (κ1) is 21.5. The molecule has 5 aromatic rings. The van der Waals surface area contributed by atoms with Gasteiger partial charge in [-0.25, -0.2) is 4.99 Å². The summed E-state index contributed by atoms with van der Waals surface area (Å²) in [5.74, 6) is 0. The molecule has 2 aliphatic rings. The zero-order chi connectivity index (χ0) is 24.2. The summed E-state index contributed by atoms with van der Waals surface area (Å²) in [5, 5.41) is 2.94. The fraction of sp³-hybridized carbons (Fsp3) is 0.0968. The molecule has 5 heteroatoms. The molecule has 1 aliphatic carbocycles. The summed E-state index contributed by atoms with van der Waals surface area (Å²) in [6.45, 7) is 0. The van der Waals surface area contributed by atoms with E-state index < -0.39 is 0 Å². The minimum Gasteiger partial charge on any atom is -0.272 e. The number of aromatic nitrogens is 1. The van der Waals surface area contributed by atoms with Gasteiger partial charge in [0.15, 0.2) is 4.80 Å². The third kappa shape index (κ3) is 3.33. The molecule has 0 N–H and O–H groups in total. The number of halogens is 1. The maximum absolute atomic E-state index is 14.0. The lowest BCUT2D eigenvalue weighted by Gasteiger charge is -2.31. The zero-order valence-corrected chi connectivity index (χ0v) is 20.9. The molecular weight excluding hydrogens is 484 g/mol. The van der Waals surface area contributed by atoms with Crippen molar-refractivity contribution in [3.8, 4) is 0 Å². The van der Waals surface area contributed by atoms with Crippen molar-refractivity contribution >= 4 is 45.5 Å². The van der Waals surface area contributed by atoms with Crippen LogP contribution in [0, 0.1) is 0 Å². The van der Waals surface area contributed by atoms with E-state index in [1.807, 2.05) is 53.1 Å². The minimum absolute atomic E-state index is 0.0259. The quantitative estimate of drug-likeness (QED) is 0.285. The van der Waals surface area contributed by atoms with Crippen LogP contribution in [-0.4, -0.2) is 4.57 Å². The van der Waals surface area contributed by atoms with E-state index in [4.69, 9.17) is 16.6 Å². The summed E-state index contributed by atoms with van der Waals surface area (Å²) in [7, 11) is 0. The van der Waals surface area contributed by atoms with Crippen molar-refractivity contribution in [3.63, 3.8) is 0 Å².